The number of nitriles is 1. The highest BCUT2D eigenvalue weighted by atomic mass is 16.5. The Morgan fingerprint density at radius 2 is 2.06 bits per heavy atom. The highest BCUT2D eigenvalue weighted by molar-refractivity contribution is 5.98. The van der Waals surface area contributed by atoms with Gasteiger partial charge in [-0.2, -0.15) is 9.94 Å². The fourth-order valence-electron chi connectivity index (χ4n) is 3.54. The molecule has 0 spiro atoms. The Bertz CT molecular complexity index is 1250. The summed E-state index contributed by atoms with van der Waals surface area (Å²) in [5.41, 5.74) is 2.46. The first-order valence-electron chi connectivity index (χ1n) is 9.66. The van der Waals surface area contributed by atoms with Gasteiger partial charge in [-0.3, -0.25) is 4.79 Å². The van der Waals surface area contributed by atoms with Crippen LogP contribution in [0.25, 0.3) is 17.0 Å². The zero-order chi connectivity index (χ0) is 22.5. The van der Waals surface area contributed by atoms with E-state index in [1.165, 1.54) is 6.08 Å². The van der Waals surface area contributed by atoms with Crippen molar-refractivity contribution in [1.29, 1.82) is 5.26 Å². The molecule has 3 rings (SSSR count). The summed E-state index contributed by atoms with van der Waals surface area (Å²) in [6.07, 6.45) is 1.48. The molecule has 0 aliphatic rings. The summed E-state index contributed by atoms with van der Waals surface area (Å²) in [6.45, 7) is 5.98. The van der Waals surface area contributed by atoms with Crippen molar-refractivity contribution in [2.75, 3.05) is 13.7 Å². The Kier molecular flexibility index (Phi) is 6.62. The zero-order valence-corrected chi connectivity index (χ0v) is 17.8. The van der Waals surface area contributed by atoms with Crippen molar-refractivity contribution in [2.45, 2.75) is 33.5 Å². The number of aromatic nitrogens is 4. The molecule has 0 aliphatic carbocycles. The standard InChI is InChI=1S/C22H23N5O4/c1-14-9-17(16(3)27(14)15(2)12-30-4)10-18(11-23)22(29)31-13-26-21(28)19-7-5-6-8-20(19)24-25-26/h5-10,15H,12-13H2,1-4H3/b18-10+/t15-/m0/s1. The highest BCUT2D eigenvalue weighted by Crippen LogP contribution is 2.23. The highest BCUT2D eigenvalue weighted by Gasteiger charge is 2.17. The minimum atomic E-state index is -0.848. The second kappa shape index (κ2) is 9.36. The number of rotatable bonds is 7. The van der Waals surface area contributed by atoms with Crippen molar-refractivity contribution < 1.29 is 14.3 Å². The summed E-state index contributed by atoms with van der Waals surface area (Å²) < 4.78 is 13.4. The lowest BCUT2D eigenvalue weighted by molar-refractivity contribution is -0.142. The summed E-state index contributed by atoms with van der Waals surface area (Å²) in [7, 11) is 1.64. The van der Waals surface area contributed by atoms with E-state index < -0.39 is 18.3 Å². The topological polar surface area (TPSA) is 112 Å². The zero-order valence-electron chi connectivity index (χ0n) is 17.8. The lowest BCUT2D eigenvalue weighted by atomic mass is 10.1. The van der Waals surface area contributed by atoms with E-state index in [1.54, 1.807) is 31.4 Å². The lowest BCUT2D eigenvalue weighted by Gasteiger charge is -2.17. The normalized spacial score (nSPS) is 12.5. The molecule has 0 fully saturated rings. The second-order valence-corrected chi connectivity index (χ2v) is 7.14. The van der Waals surface area contributed by atoms with Crippen LogP contribution >= 0.6 is 0 Å². The van der Waals surface area contributed by atoms with Gasteiger partial charge in [0, 0.05) is 18.5 Å². The van der Waals surface area contributed by atoms with Crippen molar-refractivity contribution in [3.8, 4) is 6.07 Å². The van der Waals surface area contributed by atoms with Crippen LogP contribution < -0.4 is 5.56 Å². The SMILES string of the molecule is COC[C@H](C)n1c(C)cc(/C=C(\C#N)C(=O)OCn2nnc3ccccc3c2=O)c1C. The Labute approximate surface area is 179 Å². The predicted octanol–water partition coefficient (Wildman–Crippen LogP) is 2.53. The van der Waals surface area contributed by atoms with Crippen LogP contribution in [0.5, 0.6) is 0 Å². The predicted molar refractivity (Wildman–Crippen MR) is 114 cm³/mol. The fourth-order valence-corrected chi connectivity index (χ4v) is 3.54. The minimum Gasteiger partial charge on any atom is -0.438 e. The second-order valence-electron chi connectivity index (χ2n) is 7.14. The van der Waals surface area contributed by atoms with Crippen LogP contribution in [0.4, 0.5) is 0 Å². The lowest BCUT2D eigenvalue weighted by Crippen LogP contribution is -2.26. The molecule has 0 N–H and O–H groups in total. The van der Waals surface area contributed by atoms with Crippen LogP contribution in [-0.4, -0.2) is 39.2 Å². The van der Waals surface area contributed by atoms with E-state index in [9.17, 15) is 14.9 Å². The van der Waals surface area contributed by atoms with Gasteiger partial charge in [0.1, 0.15) is 17.2 Å². The van der Waals surface area contributed by atoms with E-state index in [2.05, 4.69) is 14.9 Å². The smallest absolute Gasteiger partial charge is 0.350 e. The molecule has 2 aromatic heterocycles. The molecule has 1 aromatic carbocycles. The maximum atomic E-state index is 12.5. The number of benzene rings is 1. The van der Waals surface area contributed by atoms with Crippen molar-refractivity contribution in [3.63, 3.8) is 0 Å². The molecule has 9 nitrogen and oxygen atoms in total. The Hall–Kier alpha value is -3.77. The van der Waals surface area contributed by atoms with Gasteiger partial charge in [0.2, 0.25) is 0 Å². The number of ether oxygens (including phenoxy) is 2. The van der Waals surface area contributed by atoms with Gasteiger partial charge in [-0.05, 0) is 50.6 Å². The van der Waals surface area contributed by atoms with Crippen molar-refractivity contribution in [2.24, 2.45) is 0 Å². The molecule has 0 radical (unpaired) electrons. The number of aryl methyl sites for hydroxylation is 1. The molecule has 3 aromatic rings. The number of hydrogen-bond acceptors (Lipinski definition) is 7. The van der Waals surface area contributed by atoms with Gasteiger partial charge in [-0.1, -0.05) is 17.3 Å². The van der Waals surface area contributed by atoms with Gasteiger partial charge < -0.3 is 14.0 Å². The molecule has 0 bridgehead atoms. The summed E-state index contributed by atoms with van der Waals surface area (Å²) in [6, 6.07) is 10.6. The van der Waals surface area contributed by atoms with Crippen LogP contribution in [-0.2, 0) is 21.0 Å². The largest absolute Gasteiger partial charge is 0.438 e. The average molecular weight is 421 g/mol. The van der Waals surface area contributed by atoms with Crippen LogP contribution in [0.3, 0.4) is 0 Å². The number of esters is 1. The first-order chi connectivity index (χ1) is 14.9. The molecule has 160 valence electrons. The monoisotopic (exact) mass is 421 g/mol. The Balaban J connectivity index is 1.81. The van der Waals surface area contributed by atoms with Crippen molar-refractivity contribution in [3.05, 3.63) is 63.2 Å². The Morgan fingerprint density at radius 1 is 1.32 bits per heavy atom. The van der Waals surface area contributed by atoms with Gasteiger partial charge >= 0.3 is 5.97 Å². The van der Waals surface area contributed by atoms with Gasteiger partial charge in [0.15, 0.2) is 6.73 Å². The maximum absolute atomic E-state index is 12.5. The number of hydrogen-bond donors (Lipinski definition) is 0. The molecule has 0 aliphatic heterocycles. The molecular formula is C22H23N5O4. The molecular weight excluding hydrogens is 398 g/mol. The van der Waals surface area contributed by atoms with Crippen molar-refractivity contribution >= 4 is 22.9 Å². The maximum Gasteiger partial charge on any atom is 0.350 e. The summed E-state index contributed by atoms with van der Waals surface area (Å²) in [5.74, 6) is -0.848. The molecule has 1 atom stereocenters. The van der Waals surface area contributed by atoms with Crippen molar-refractivity contribution in [1.82, 2.24) is 19.6 Å². The molecule has 0 amide bonds. The first-order valence-corrected chi connectivity index (χ1v) is 9.66. The first kappa shape index (κ1) is 21.9. The summed E-state index contributed by atoms with van der Waals surface area (Å²) in [5, 5.41) is 17.5. The van der Waals surface area contributed by atoms with E-state index >= 15 is 0 Å². The fraction of sp³-hybridized carbons (Fsp3) is 0.318. The van der Waals surface area contributed by atoms with E-state index in [4.69, 9.17) is 9.47 Å². The number of carbonyl (C=O) groups is 1. The molecule has 0 unspecified atom stereocenters. The van der Waals surface area contributed by atoms with Gasteiger partial charge in [-0.15, -0.1) is 5.10 Å². The quantitative estimate of drug-likeness (QED) is 0.327. The number of carbonyl (C=O) groups excluding carboxylic acids is 1. The van der Waals surface area contributed by atoms with Crippen LogP contribution in [0.1, 0.15) is 29.9 Å². The molecule has 2 heterocycles. The molecule has 0 saturated heterocycles. The molecule has 9 heteroatoms. The summed E-state index contributed by atoms with van der Waals surface area (Å²) in [4.78, 5) is 24.9. The third-order valence-electron chi connectivity index (χ3n) is 4.96. The van der Waals surface area contributed by atoms with Crippen LogP contribution in [0.15, 0.2) is 40.7 Å². The van der Waals surface area contributed by atoms with Gasteiger partial charge in [0.05, 0.1) is 18.0 Å². The third kappa shape index (κ3) is 4.54. The third-order valence-corrected chi connectivity index (χ3v) is 4.96. The minimum absolute atomic E-state index is 0.1000. The van der Waals surface area contributed by atoms with Crippen LogP contribution in [0.2, 0.25) is 0 Å². The van der Waals surface area contributed by atoms with E-state index in [1.807, 2.05) is 32.9 Å². The number of nitrogens with zero attached hydrogens (tertiary/aromatic N) is 5. The molecule has 0 saturated carbocycles. The van der Waals surface area contributed by atoms with Gasteiger partial charge in [-0.25, -0.2) is 4.79 Å². The molecule has 31 heavy (non-hydrogen) atoms. The average Bonchev–Trinajstić information content (AvgIpc) is 3.04. The number of fused-ring (bicyclic) bond motifs is 1. The van der Waals surface area contributed by atoms with E-state index in [-0.39, 0.29) is 11.6 Å². The summed E-state index contributed by atoms with van der Waals surface area (Å²) >= 11 is 0. The van der Waals surface area contributed by atoms with Gasteiger partial charge in [0.25, 0.3) is 5.56 Å². The Morgan fingerprint density at radius 3 is 2.77 bits per heavy atom. The van der Waals surface area contributed by atoms with E-state index in [0.717, 1.165) is 21.6 Å². The van der Waals surface area contributed by atoms with Crippen LogP contribution in [0, 0.1) is 25.2 Å². The van der Waals surface area contributed by atoms with E-state index in [0.29, 0.717) is 17.5 Å². The number of methoxy groups -OCH3 is 1.